The average Bonchev–Trinajstić information content (AvgIpc) is 2.85. The first-order valence-electron chi connectivity index (χ1n) is 12.6. The molecule has 1 atom stereocenters. The van der Waals surface area contributed by atoms with E-state index in [2.05, 4.69) is 137 Å². The molecule has 0 bridgehead atoms. The van der Waals surface area contributed by atoms with Crippen LogP contribution < -0.4 is 15.9 Å². The summed E-state index contributed by atoms with van der Waals surface area (Å²) in [5, 5.41) is 4.28. The molecule has 1 nitrogen and oxygen atoms in total. The summed E-state index contributed by atoms with van der Waals surface area (Å²) in [5.74, 6) is 0.525. The van der Waals surface area contributed by atoms with Gasteiger partial charge in [0, 0.05) is 0 Å². The zero-order chi connectivity index (χ0) is 24.9. The number of carbonyl (C=O) groups is 1. The molecule has 0 radical (unpaired) electrons. The predicted molar refractivity (Wildman–Crippen MR) is 155 cm³/mol. The van der Waals surface area contributed by atoms with E-state index in [1.807, 2.05) is 6.08 Å². The number of benzene rings is 3. The maximum atomic E-state index is 12.1. The van der Waals surface area contributed by atoms with Gasteiger partial charge in [-0.05, 0) is 0 Å². The van der Waals surface area contributed by atoms with Crippen LogP contribution in [0.1, 0.15) is 34.1 Å². The summed E-state index contributed by atoms with van der Waals surface area (Å²) in [6.45, 7) is 8.70. The van der Waals surface area contributed by atoms with E-state index in [-0.39, 0.29) is 17.1 Å². The van der Waals surface area contributed by atoms with Gasteiger partial charge in [0.15, 0.2) is 0 Å². The summed E-state index contributed by atoms with van der Waals surface area (Å²) < 4.78 is 0. The molecule has 0 fully saturated rings. The fraction of sp³-hybridized carbons (Fsp3) is 0.242. The summed E-state index contributed by atoms with van der Waals surface area (Å²) >= 11 is 0. The third-order valence-electron chi connectivity index (χ3n) is 7.43. The van der Waals surface area contributed by atoms with E-state index in [0.29, 0.717) is 6.42 Å². The SMILES string of the molecule is CC(C=CC1C(C)=CC(=O)CC1(C)C)=CC[PH](c1ccccc1)(c1ccccc1)c1ccccc1. The van der Waals surface area contributed by atoms with Crippen LogP contribution >= 0.6 is 7.26 Å². The second-order valence-electron chi connectivity index (χ2n) is 10.5. The Labute approximate surface area is 211 Å². The molecule has 0 saturated carbocycles. The van der Waals surface area contributed by atoms with E-state index >= 15 is 0 Å². The molecule has 3 aromatic rings. The van der Waals surface area contributed by atoms with Crippen LogP contribution in [0, 0.1) is 11.3 Å². The van der Waals surface area contributed by atoms with E-state index in [1.165, 1.54) is 21.5 Å². The molecule has 35 heavy (non-hydrogen) atoms. The Morgan fingerprint density at radius 1 is 0.857 bits per heavy atom. The van der Waals surface area contributed by atoms with Crippen LogP contribution in [0.25, 0.3) is 0 Å². The first kappa shape index (κ1) is 25.1. The Hall–Kier alpha value is -3.02. The third-order valence-corrected chi connectivity index (χ3v) is 12.2. The number of hydrogen-bond donors (Lipinski definition) is 0. The molecule has 3 aromatic carbocycles. The molecule has 0 heterocycles. The number of rotatable bonds is 7. The van der Waals surface area contributed by atoms with Crippen LogP contribution in [-0.2, 0) is 4.79 Å². The Morgan fingerprint density at radius 2 is 1.31 bits per heavy atom. The monoisotopic (exact) mass is 480 g/mol. The van der Waals surface area contributed by atoms with Gasteiger partial charge in [-0.1, -0.05) is 0 Å². The topological polar surface area (TPSA) is 17.1 Å². The van der Waals surface area contributed by atoms with Gasteiger partial charge in [0.25, 0.3) is 0 Å². The third kappa shape index (κ3) is 5.47. The zero-order valence-corrected chi connectivity index (χ0v) is 22.4. The summed E-state index contributed by atoms with van der Waals surface area (Å²) in [4.78, 5) is 12.1. The molecule has 0 aromatic heterocycles. The van der Waals surface area contributed by atoms with Crippen molar-refractivity contribution < 1.29 is 4.79 Å². The van der Waals surface area contributed by atoms with Crippen LogP contribution in [0.4, 0.5) is 0 Å². The summed E-state index contributed by atoms with van der Waals surface area (Å²) in [7, 11) is -2.27. The number of carbonyl (C=O) groups excluding carboxylic acids is 1. The molecule has 0 N–H and O–H groups in total. The Balaban J connectivity index is 1.75. The second kappa shape index (κ2) is 10.7. The molecule has 2 heteroatoms. The molecule has 180 valence electrons. The quantitative estimate of drug-likeness (QED) is 0.269. The van der Waals surface area contributed by atoms with Gasteiger partial charge >= 0.3 is 212 Å². The van der Waals surface area contributed by atoms with Crippen LogP contribution in [-0.4, -0.2) is 11.9 Å². The molecule has 0 saturated heterocycles. The Morgan fingerprint density at radius 3 is 1.74 bits per heavy atom. The van der Waals surface area contributed by atoms with E-state index in [1.54, 1.807) is 0 Å². The number of ketones is 1. The molecule has 1 aliphatic carbocycles. The van der Waals surface area contributed by atoms with Gasteiger partial charge in [-0.25, -0.2) is 0 Å². The van der Waals surface area contributed by atoms with Crippen molar-refractivity contribution in [1.29, 1.82) is 0 Å². The van der Waals surface area contributed by atoms with E-state index in [9.17, 15) is 4.79 Å². The fourth-order valence-electron chi connectivity index (χ4n) is 5.63. The van der Waals surface area contributed by atoms with Crippen LogP contribution in [0.3, 0.4) is 0 Å². The molecule has 0 amide bonds. The number of allylic oxidation sites excluding steroid dienone is 6. The zero-order valence-electron chi connectivity index (χ0n) is 21.4. The normalized spacial score (nSPS) is 19.0. The predicted octanol–water partition coefficient (Wildman–Crippen LogP) is 6.78. The van der Waals surface area contributed by atoms with Crippen molar-refractivity contribution in [2.75, 3.05) is 6.16 Å². The fourth-order valence-corrected chi connectivity index (χ4v) is 10.3. The Bertz CT molecular complexity index is 1140. The molecule has 0 spiro atoms. The van der Waals surface area contributed by atoms with Crippen molar-refractivity contribution in [3.05, 3.63) is 126 Å². The van der Waals surface area contributed by atoms with Gasteiger partial charge in [-0.2, -0.15) is 0 Å². The van der Waals surface area contributed by atoms with Gasteiger partial charge in [-0.15, -0.1) is 0 Å². The first-order chi connectivity index (χ1) is 16.8. The van der Waals surface area contributed by atoms with Crippen LogP contribution in [0.5, 0.6) is 0 Å². The van der Waals surface area contributed by atoms with Crippen molar-refractivity contribution in [1.82, 2.24) is 0 Å². The van der Waals surface area contributed by atoms with Crippen molar-refractivity contribution in [2.45, 2.75) is 34.1 Å². The molecular weight excluding hydrogens is 443 g/mol. The molecule has 1 aliphatic rings. The van der Waals surface area contributed by atoms with E-state index < -0.39 is 7.26 Å². The van der Waals surface area contributed by atoms with Crippen LogP contribution in [0.2, 0.25) is 0 Å². The molecule has 1 unspecified atom stereocenters. The average molecular weight is 481 g/mol. The van der Waals surface area contributed by atoms with Gasteiger partial charge < -0.3 is 0 Å². The summed E-state index contributed by atoms with van der Waals surface area (Å²) in [5.41, 5.74) is 2.38. The van der Waals surface area contributed by atoms with Gasteiger partial charge in [0.2, 0.25) is 0 Å². The van der Waals surface area contributed by atoms with Crippen molar-refractivity contribution in [2.24, 2.45) is 11.3 Å². The van der Waals surface area contributed by atoms with E-state index in [4.69, 9.17) is 0 Å². The van der Waals surface area contributed by atoms with Crippen LogP contribution in [0.15, 0.2) is 126 Å². The number of hydrogen-bond acceptors (Lipinski definition) is 1. The maximum absolute atomic E-state index is 12.1. The first-order valence-corrected chi connectivity index (χ1v) is 14.8. The van der Waals surface area contributed by atoms with Crippen molar-refractivity contribution in [3.63, 3.8) is 0 Å². The van der Waals surface area contributed by atoms with E-state index in [0.717, 1.165) is 11.7 Å². The summed E-state index contributed by atoms with van der Waals surface area (Å²) in [6.07, 6.45) is 10.4. The van der Waals surface area contributed by atoms with Crippen molar-refractivity contribution in [3.8, 4) is 0 Å². The minimum atomic E-state index is -2.27. The summed E-state index contributed by atoms with van der Waals surface area (Å²) in [6, 6.07) is 33.2. The molecule has 4 rings (SSSR count). The van der Waals surface area contributed by atoms with Crippen molar-refractivity contribution >= 4 is 29.0 Å². The van der Waals surface area contributed by atoms with Gasteiger partial charge in [0.1, 0.15) is 0 Å². The minimum absolute atomic E-state index is 0.0523. The Kier molecular flexibility index (Phi) is 7.68. The van der Waals surface area contributed by atoms with Gasteiger partial charge in [0.05, 0.1) is 0 Å². The molecule has 0 aliphatic heterocycles. The second-order valence-corrected chi connectivity index (χ2v) is 14.5. The van der Waals surface area contributed by atoms with Gasteiger partial charge in [-0.3, -0.25) is 0 Å². The standard InChI is InChI=1S/C33H37OP/c1-26(20-21-32-27(2)24-28(34)25-33(32,3)4)22-23-35(29-14-8-5-9-15-29,30-16-10-6-11-17-30)31-18-12-7-13-19-31/h5-22,24,32,35H,23,25H2,1-4H3. The molecular formula is C33H37OP.